The van der Waals surface area contributed by atoms with Crippen molar-refractivity contribution in [3.05, 3.63) is 71.3 Å². The smallest absolute Gasteiger partial charge is 0.388 e. The van der Waals surface area contributed by atoms with E-state index in [-0.39, 0.29) is 38.5 Å². The van der Waals surface area contributed by atoms with E-state index in [1.807, 2.05) is 30.3 Å². The van der Waals surface area contributed by atoms with Gasteiger partial charge < -0.3 is 20.4 Å². The maximum absolute atomic E-state index is 12.8. The van der Waals surface area contributed by atoms with Crippen molar-refractivity contribution in [1.29, 1.82) is 0 Å². The maximum atomic E-state index is 12.8. The zero-order chi connectivity index (χ0) is 21.8. The second-order valence-electron chi connectivity index (χ2n) is 7.68. The summed E-state index contributed by atoms with van der Waals surface area (Å²) in [6.45, 7) is 0.0422. The van der Waals surface area contributed by atoms with Crippen molar-refractivity contribution in [2.45, 2.75) is 37.3 Å². The van der Waals surface area contributed by atoms with Crippen molar-refractivity contribution in [1.82, 2.24) is 10.2 Å². The molecule has 2 aromatic carbocycles. The third-order valence-corrected chi connectivity index (χ3v) is 5.32. The van der Waals surface area contributed by atoms with Crippen LogP contribution < -0.4 is 5.32 Å². The van der Waals surface area contributed by atoms with E-state index in [9.17, 15) is 28.2 Å². The van der Waals surface area contributed by atoms with Gasteiger partial charge in [0.2, 0.25) is 5.91 Å². The zero-order valence-electron chi connectivity index (χ0n) is 16.4. The van der Waals surface area contributed by atoms with Crippen molar-refractivity contribution >= 4 is 5.91 Å². The van der Waals surface area contributed by atoms with Gasteiger partial charge in [0, 0.05) is 26.1 Å². The van der Waals surface area contributed by atoms with E-state index in [4.69, 9.17) is 0 Å². The van der Waals surface area contributed by atoms with E-state index < -0.39 is 23.4 Å². The number of hydrogen-bond donors (Lipinski definition) is 3. The van der Waals surface area contributed by atoms with Crippen LogP contribution in [-0.2, 0) is 23.9 Å². The molecule has 2 atom stereocenters. The number of aliphatic hydroxyl groups excluding tert-OH is 1. The number of nitrogens with one attached hydrogen (secondary N) is 1. The van der Waals surface area contributed by atoms with Gasteiger partial charge >= 0.3 is 6.18 Å². The fourth-order valence-corrected chi connectivity index (χ4v) is 3.58. The Labute approximate surface area is 173 Å². The first-order chi connectivity index (χ1) is 14.2. The fraction of sp³-hybridized carbons (Fsp3) is 0.409. The molecule has 1 aliphatic heterocycles. The van der Waals surface area contributed by atoms with Crippen LogP contribution >= 0.6 is 0 Å². The molecule has 0 radical (unpaired) electrons. The summed E-state index contributed by atoms with van der Waals surface area (Å²) in [5, 5.41) is 23.9. The second kappa shape index (κ2) is 9.16. The summed E-state index contributed by atoms with van der Waals surface area (Å²) in [5.74, 6) is -0.160. The van der Waals surface area contributed by atoms with Crippen LogP contribution in [0.3, 0.4) is 0 Å². The average Bonchev–Trinajstić information content (AvgIpc) is 3.01. The summed E-state index contributed by atoms with van der Waals surface area (Å²) in [4.78, 5) is 13.9. The molecule has 30 heavy (non-hydrogen) atoms. The number of halogens is 3. The Kier molecular flexibility index (Phi) is 6.80. The Hall–Kier alpha value is -2.42. The van der Waals surface area contributed by atoms with Crippen LogP contribution in [0, 0.1) is 0 Å². The molecule has 0 spiro atoms. The van der Waals surface area contributed by atoms with Gasteiger partial charge in [0.15, 0.2) is 0 Å². The van der Waals surface area contributed by atoms with Crippen LogP contribution in [0.25, 0.3) is 0 Å². The van der Waals surface area contributed by atoms with Gasteiger partial charge in [0.1, 0.15) is 11.7 Å². The lowest BCUT2D eigenvalue weighted by molar-refractivity contribution is -0.137. The van der Waals surface area contributed by atoms with Crippen molar-refractivity contribution in [2.75, 3.05) is 19.6 Å². The number of aliphatic hydroxyl groups is 2. The lowest BCUT2D eigenvalue weighted by Crippen LogP contribution is -2.50. The minimum Gasteiger partial charge on any atom is -0.388 e. The third-order valence-electron chi connectivity index (χ3n) is 5.32. The Morgan fingerprint density at radius 1 is 1.13 bits per heavy atom. The van der Waals surface area contributed by atoms with Gasteiger partial charge in [0.25, 0.3) is 0 Å². The van der Waals surface area contributed by atoms with Crippen LogP contribution in [0.1, 0.15) is 23.1 Å². The minimum absolute atomic E-state index is 0.0232. The highest BCUT2D eigenvalue weighted by Gasteiger charge is 2.45. The number of likely N-dealkylation sites (tertiary alicyclic amines) is 1. The molecule has 1 amide bonds. The van der Waals surface area contributed by atoms with Crippen LogP contribution in [0.5, 0.6) is 0 Å². The molecule has 2 aromatic rings. The Morgan fingerprint density at radius 2 is 1.83 bits per heavy atom. The highest BCUT2D eigenvalue weighted by molar-refractivity contribution is 5.77. The van der Waals surface area contributed by atoms with Crippen LogP contribution in [0.2, 0.25) is 0 Å². The molecule has 3 N–H and O–H groups in total. The van der Waals surface area contributed by atoms with Gasteiger partial charge in [-0.05, 0) is 23.6 Å². The minimum atomic E-state index is -4.42. The van der Waals surface area contributed by atoms with Crippen molar-refractivity contribution in [3.8, 4) is 0 Å². The molecular formula is C22H25F3N2O3. The van der Waals surface area contributed by atoms with Crippen LogP contribution in [0.4, 0.5) is 13.2 Å². The molecule has 5 nitrogen and oxygen atoms in total. The van der Waals surface area contributed by atoms with Crippen molar-refractivity contribution in [2.24, 2.45) is 0 Å². The number of hydrogen-bond acceptors (Lipinski definition) is 4. The molecule has 3 rings (SSSR count). The number of nitrogens with zero attached hydrogens (tertiary/aromatic N) is 1. The zero-order valence-corrected chi connectivity index (χ0v) is 16.4. The summed E-state index contributed by atoms with van der Waals surface area (Å²) >= 11 is 0. The van der Waals surface area contributed by atoms with Crippen molar-refractivity contribution < 1.29 is 28.2 Å². The summed E-state index contributed by atoms with van der Waals surface area (Å²) < 4.78 is 38.4. The third kappa shape index (κ3) is 5.59. The monoisotopic (exact) mass is 422 g/mol. The first-order valence-electron chi connectivity index (χ1n) is 9.76. The molecule has 8 heteroatoms. The van der Waals surface area contributed by atoms with E-state index in [1.54, 1.807) is 6.07 Å². The van der Waals surface area contributed by atoms with E-state index in [0.29, 0.717) is 12.0 Å². The van der Waals surface area contributed by atoms with Gasteiger partial charge in [0.05, 0.1) is 12.1 Å². The normalized spacial score (nSPS) is 21.8. The number of rotatable bonds is 7. The SMILES string of the molecule is O=C(CCc1ccccc1)N1C[C@@H](O)[C@](O)(CNCc2cccc(C(F)(F)F)c2)C1. The molecule has 0 bridgehead atoms. The fourth-order valence-electron chi connectivity index (χ4n) is 3.58. The number of benzene rings is 2. The van der Waals surface area contributed by atoms with Gasteiger partial charge in [-0.2, -0.15) is 13.2 Å². The Bertz CT molecular complexity index is 860. The summed E-state index contributed by atoms with van der Waals surface area (Å²) in [6, 6.07) is 14.5. The molecule has 0 unspecified atom stereocenters. The van der Waals surface area contributed by atoms with Crippen LogP contribution in [-0.4, -0.2) is 52.4 Å². The average molecular weight is 422 g/mol. The molecule has 1 aliphatic rings. The standard InChI is InChI=1S/C22H25F3N2O3/c23-22(24,25)18-8-4-7-17(11-18)12-26-14-21(30)15-27(13-19(21)28)20(29)10-9-16-5-2-1-3-6-16/h1-8,11,19,26,28,30H,9-10,12-15H2/t19-,21+/m1/s1. The quantitative estimate of drug-likeness (QED) is 0.641. The number of amides is 1. The molecule has 162 valence electrons. The summed E-state index contributed by atoms with van der Waals surface area (Å²) in [7, 11) is 0. The number of carbonyl (C=O) groups is 1. The lowest BCUT2D eigenvalue weighted by atomic mass is 10.0. The molecule has 0 aliphatic carbocycles. The van der Waals surface area contributed by atoms with E-state index >= 15 is 0 Å². The van der Waals surface area contributed by atoms with E-state index in [1.165, 1.54) is 11.0 Å². The molecule has 0 saturated carbocycles. The highest BCUT2D eigenvalue weighted by atomic mass is 19.4. The van der Waals surface area contributed by atoms with Gasteiger partial charge in [-0.1, -0.05) is 48.5 Å². The molecule has 1 heterocycles. The lowest BCUT2D eigenvalue weighted by Gasteiger charge is -2.26. The van der Waals surface area contributed by atoms with E-state index in [0.717, 1.165) is 17.7 Å². The molecule has 1 saturated heterocycles. The molecular weight excluding hydrogens is 397 g/mol. The predicted molar refractivity (Wildman–Crippen MR) is 105 cm³/mol. The van der Waals surface area contributed by atoms with Crippen LogP contribution in [0.15, 0.2) is 54.6 Å². The summed E-state index contributed by atoms with van der Waals surface area (Å²) in [5.41, 5.74) is -0.846. The number of β-amino-alcohol motifs (C(OH)–C–C–N with tert-alkyl or cyclic N) is 2. The highest BCUT2D eigenvalue weighted by Crippen LogP contribution is 2.29. The van der Waals surface area contributed by atoms with E-state index in [2.05, 4.69) is 5.32 Å². The molecule has 0 aromatic heterocycles. The largest absolute Gasteiger partial charge is 0.416 e. The van der Waals surface area contributed by atoms with Gasteiger partial charge in [-0.15, -0.1) is 0 Å². The predicted octanol–water partition coefficient (Wildman–Crippen LogP) is 2.36. The summed E-state index contributed by atoms with van der Waals surface area (Å²) in [6.07, 6.45) is -4.72. The van der Waals surface area contributed by atoms with Crippen molar-refractivity contribution in [3.63, 3.8) is 0 Å². The topological polar surface area (TPSA) is 72.8 Å². The van der Waals surface area contributed by atoms with Gasteiger partial charge in [-0.25, -0.2) is 0 Å². The first-order valence-corrected chi connectivity index (χ1v) is 9.76. The Balaban J connectivity index is 1.51. The number of aryl methyl sites for hydroxylation is 1. The first kappa shape index (κ1) is 22.3. The molecule has 1 fully saturated rings. The maximum Gasteiger partial charge on any atom is 0.416 e. The van der Waals surface area contributed by atoms with Gasteiger partial charge in [-0.3, -0.25) is 4.79 Å². The number of alkyl halides is 3. The number of carbonyl (C=O) groups excluding carboxylic acids is 1. The second-order valence-corrected chi connectivity index (χ2v) is 7.68. The Morgan fingerprint density at radius 3 is 2.53 bits per heavy atom.